The third-order valence-electron chi connectivity index (χ3n) is 4.65. The lowest BCUT2D eigenvalue weighted by molar-refractivity contribution is 0.572. The molecule has 4 rings (SSSR count). The normalized spacial score (nSPS) is 11.5. The molecule has 2 heterocycles. The van der Waals surface area contributed by atoms with Gasteiger partial charge in [0.2, 0.25) is 5.89 Å². The van der Waals surface area contributed by atoms with E-state index in [9.17, 15) is 0 Å². The molecule has 2 N–H and O–H groups in total. The van der Waals surface area contributed by atoms with Crippen molar-refractivity contribution in [1.29, 1.82) is 0 Å². The molecule has 4 aromatic rings. The largest absolute Gasteiger partial charge is 0.444 e. The number of aliphatic imine (C=N–C) groups is 1. The Labute approximate surface area is 175 Å². The molecule has 7 heteroatoms. The highest BCUT2D eigenvalue weighted by atomic mass is 16.3. The van der Waals surface area contributed by atoms with Crippen molar-refractivity contribution in [1.82, 2.24) is 25.4 Å². The summed E-state index contributed by atoms with van der Waals surface area (Å²) in [6.45, 7) is 3.21. The molecular weight excluding hydrogens is 376 g/mol. The van der Waals surface area contributed by atoms with Crippen LogP contribution in [0.1, 0.15) is 16.8 Å². The van der Waals surface area contributed by atoms with Crippen molar-refractivity contribution in [3.05, 3.63) is 90.1 Å². The number of aryl methyl sites for hydroxylation is 1. The van der Waals surface area contributed by atoms with Gasteiger partial charge in [-0.25, -0.2) is 9.67 Å². The lowest BCUT2D eigenvalue weighted by Gasteiger charge is -2.11. The van der Waals surface area contributed by atoms with Crippen LogP contribution in [0.3, 0.4) is 0 Å². The van der Waals surface area contributed by atoms with Gasteiger partial charge in [-0.05, 0) is 42.8 Å². The van der Waals surface area contributed by atoms with Crippen LogP contribution in [0, 0.1) is 6.92 Å². The molecule has 0 bridgehead atoms. The summed E-state index contributed by atoms with van der Waals surface area (Å²) in [7, 11) is 1.75. The minimum absolute atomic E-state index is 0.516. The van der Waals surface area contributed by atoms with Gasteiger partial charge in [0.05, 0.1) is 17.9 Å². The number of nitrogens with zero attached hydrogens (tertiary/aromatic N) is 4. The van der Waals surface area contributed by atoms with E-state index < -0.39 is 0 Å². The van der Waals surface area contributed by atoms with E-state index in [4.69, 9.17) is 4.42 Å². The highest BCUT2D eigenvalue weighted by molar-refractivity contribution is 5.79. The Bertz CT molecular complexity index is 1110. The molecule has 0 atom stereocenters. The predicted octanol–water partition coefficient (Wildman–Crippen LogP) is 3.70. The number of rotatable bonds is 6. The second-order valence-corrected chi connectivity index (χ2v) is 6.91. The molecule has 0 aliphatic rings. The smallest absolute Gasteiger partial charge is 0.226 e. The molecule has 0 aliphatic carbocycles. The minimum Gasteiger partial charge on any atom is -0.444 e. The lowest BCUT2D eigenvalue weighted by Crippen LogP contribution is -2.36. The summed E-state index contributed by atoms with van der Waals surface area (Å²) in [5.74, 6) is 1.31. The van der Waals surface area contributed by atoms with Crippen molar-refractivity contribution >= 4 is 5.96 Å². The molecular formula is C23H24N6O. The molecule has 0 unspecified atom stereocenters. The van der Waals surface area contributed by atoms with E-state index in [1.54, 1.807) is 19.5 Å². The van der Waals surface area contributed by atoms with Crippen molar-refractivity contribution in [2.24, 2.45) is 4.99 Å². The van der Waals surface area contributed by atoms with E-state index in [-0.39, 0.29) is 0 Å². The molecule has 0 aliphatic heterocycles. The number of aromatic nitrogens is 3. The fourth-order valence-corrected chi connectivity index (χ4v) is 3.03. The Morgan fingerprint density at radius 1 is 1.07 bits per heavy atom. The Hall–Kier alpha value is -3.87. The molecule has 0 spiro atoms. The molecule has 0 saturated heterocycles. The monoisotopic (exact) mass is 400 g/mol. The number of nitrogens with one attached hydrogen (secondary N) is 2. The highest BCUT2D eigenvalue weighted by Gasteiger charge is 2.07. The van der Waals surface area contributed by atoms with Gasteiger partial charge >= 0.3 is 0 Å². The molecule has 30 heavy (non-hydrogen) atoms. The average Bonchev–Trinajstić information content (AvgIpc) is 3.47. The zero-order chi connectivity index (χ0) is 20.8. The predicted molar refractivity (Wildman–Crippen MR) is 117 cm³/mol. The third-order valence-corrected chi connectivity index (χ3v) is 4.65. The van der Waals surface area contributed by atoms with Crippen LogP contribution in [0.2, 0.25) is 0 Å². The van der Waals surface area contributed by atoms with Crippen molar-refractivity contribution in [2.45, 2.75) is 20.0 Å². The summed E-state index contributed by atoms with van der Waals surface area (Å²) in [4.78, 5) is 8.84. The Kier molecular flexibility index (Phi) is 5.89. The summed E-state index contributed by atoms with van der Waals surface area (Å²) in [5, 5.41) is 10.9. The van der Waals surface area contributed by atoms with E-state index in [1.165, 1.54) is 5.56 Å². The minimum atomic E-state index is 0.516. The standard InChI is InChI=1S/C23H24N6O/c1-17-7-9-19(10-8-17)22-28-20(16-30-22)15-26-23(24-2)25-14-18-5-3-6-21(13-18)29-12-4-11-27-29/h3-13,16H,14-15H2,1-2H3,(H2,24,25,26). The maximum absolute atomic E-state index is 5.61. The zero-order valence-corrected chi connectivity index (χ0v) is 17.0. The molecule has 0 fully saturated rings. The van der Waals surface area contributed by atoms with Crippen molar-refractivity contribution in [3.8, 4) is 17.1 Å². The topological polar surface area (TPSA) is 80.3 Å². The SMILES string of the molecule is CN=C(NCc1cccc(-n2cccn2)c1)NCc1coc(-c2ccc(C)cc2)n1. The fourth-order valence-electron chi connectivity index (χ4n) is 3.03. The van der Waals surface area contributed by atoms with Crippen LogP contribution in [0.15, 0.2) is 82.7 Å². The van der Waals surface area contributed by atoms with Gasteiger partial charge in [0.25, 0.3) is 0 Å². The molecule has 0 amide bonds. The van der Waals surface area contributed by atoms with Crippen molar-refractivity contribution in [2.75, 3.05) is 7.05 Å². The van der Waals surface area contributed by atoms with Gasteiger partial charge in [0.15, 0.2) is 5.96 Å². The zero-order valence-electron chi connectivity index (χ0n) is 17.0. The van der Waals surface area contributed by atoms with Crippen LogP contribution in [0.4, 0.5) is 0 Å². The van der Waals surface area contributed by atoms with Gasteiger partial charge in [0.1, 0.15) is 6.26 Å². The third kappa shape index (κ3) is 4.75. The second-order valence-electron chi connectivity index (χ2n) is 6.91. The summed E-state index contributed by atoms with van der Waals surface area (Å²) < 4.78 is 7.45. The molecule has 2 aromatic carbocycles. The molecule has 152 valence electrons. The quantitative estimate of drug-likeness (QED) is 0.381. The van der Waals surface area contributed by atoms with Crippen LogP contribution in [-0.2, 0) is 13.1 Å². The first-order valence-electron chi connectivity index (χ1n) is 9.76. The summed E-state index contributed by atoms with van der Waals surface area (Å²) in [6, 6.07) is 18.2. The van der Waals surface area contributed by atoms with Crippen LogP contribution in [-0.4, -0.2) is 27.8 Å². The summed E-state index contributed by atoms with van der Waals surface area (Å²) in [6.07, 6.45) is 5.36. The highest BCUT2D eigenvalue weighted by Crippen LogP contribution is 2.19. The van der Waals surface area contributed by atoms with E-state index in [0.29, 0.717) is 24.9 Å². The number of guanidine groups is 1. The Morgan fingerprint density at radius 3 is 2.67 bits per heavy atom. The van der Waals surface area contributed by atoms with E-state index in [2.05, 4.69) is 44.8 Å². The first-order chi connectivity index (χ1) is 14.7. The maximum atomic E-state index is 5.61. The summed E-state index contributed by atoms with van der Waals surface area (Å²) >= 11 is 0. The van der Waals surface area contributed by atoms with Crippen molar-refractivity contribution in [3.63, 3.8) is 0 Å². The first-order valence-corrected chi connectivity index (χ1v) is 9.76. The molecule has 2 aromatic heterocycles. The molecule has 7 nitrogen and oxygen atoms in total. The van der Waals surface area contributed by atoms with E-state index in [0.717, 1.165) is 22.5 Å². The van der Waals surface area contributed by atoms with E-state index in [1.807, 2.05) is 53.3 Å². The number of benzene rings is 2. The Balaban J connectivity index is 1.33. The van der Waals surface area contributed by atoms with Crippen LogP contribution in [0.5, 0.6) is 0 Å². The van der Waals surface area contributed by atoms with Crippen LogP contribution < -0.4 is 10.6 Å². The number of hydrogen-bond acceptors (Lipinski definition) is 4. The number of oxazole rings is 1. The van der Waals surface area contributed by atoms with Gasteiger partial charge < -0.3 is 15.1 Å². The lowest BCUT2D eigenvalue weighted by atomic mass is 10.1. The maximum Gasteiger partial charge on any atom is 0.226 e. The second kappa shape index (κ2) is 9.09. The van der Waals surface area contributed by atoms with E-state index >= 15 is 0 Å². The van der Waals surface area contributed by atoms with Gasteiger partial charge in [-0.1, -0.05) is 29.8 Å². The van der Waals surface area contributed by atoms with Gasteiger partial charge in [-0.2, -0.15) is 5.10 Å². The summed E-state index contributed by atoms with van der Waals surface area (Å²) in [5.41, 5.74) is 5.14. The van der Waals surface area contributed by atoms with Gasteiger partial charge in [-0.15, -0.1) is 0 Å². The average molecular weight is 400 g/mol. The molecule has 0 radical (unpaired) electrons. The van der Waals surface area contributed by atoms with Gasteiger partial charge in [0, 0.05) is 31.5 Å². The number of hydrogen-bond donors (Lipinski definition) is 2. The Morgan fingerprint density at radius 2 is 1.90 bits per heavy atom. The van der Waals surface area contributed by atoms with Crippen LogP contribution in [0.25, 0.3) is 17.1 Å². The van der Waals surface area contributed by atoms with Gasteiger partial charge in [-0.3, -0.25) is 4.99 Å². The van der Waals surface area contributed by atoms with Crippen molar-refractivity contribution < 1.29 is 4.42 Å². The molecule has 0 saturated carbocycles. The van der Waals surface area contributed by atoms with Crippen LogP contribution >= 0.6 is 0 Å². The fraction of sp³-hybridized carbons (Fsp3) is 0.174. The first kappa shape index (κ1) is 19.4.